The lowest BCUT2D eigenvalue weighted by Crippen LogP contribution is -2.42. The molecule has 0 aromatic heterocycles. The Labute approximate surface area is 106 Å². The minimum atomic E-state index is -0.834. The Balaban J connectivity index is 2.12. The normalized spacial score (nSPS) is 37.7. The number of carbonyl (C=O) groups excluding carboxylic acids is 1. The molecule has 2 heterocycles. The van der Waals surface area contributed by atoms with Crippen LogP contribution in [0.4, 0.5) is 0 Å². The lowest BCUT2D eigenvalue weighted by atomic mass is 10.1. The summed E-state index contributed by atoms with van der Waals surface area (Å²) in [5.41, 5.74) is 0. The smallest absolute Gasteiger partial charge is 0.337 e. The lowest BCUT2D eigenvalue weighted by Gasteiger charge is -2.22. The summed E-state index contributed by atoms with van der Waals surface area (Å²) in [6.45, 7) is 7.51. The van der Waals surface area contributed by atoms with Crippen molar-refractivity contribution >= 4 is 5.97 Å². The molecule has 0 spiro atoms. The van der Waals surface area contributed by atoms with E-state index < -0.39 is 29.8 Å². The van der Waals surface area contributed by atoms with Crippen LogP contribution in [0.5, 0.6) is 0 Å². The van der Waals surface area contributed by atoms with E-state index in [1.165, 1.54) is 7.11 Å². The van der Waals surface area contributed by atoms with Gasteiger partial charge < -0.3 is 23.7 Å². The van der Waals surface area contributed by atoms with E-state index in [1.54, 1.807) is 13.8 Å². The summed E-state index contributed by atoms with van der Waals surface area (Å²) in [6, 6.07) is 0. The van der Waals surface area contributed by atoms with Crippen LogP contribution in [0.3, 0.4) is 0 Å². The van der Waals surface area contributed by atoms with E-state index in [0.29, 0.717) is 6.61 Å². The molecule has 6 nitrogen and oxygen atoms in total. The van der Waals surface area contributed by atoms with Crippen LogP contribution in [-0.2, 0) is 28.5 Å². The molecule has 2 rings (SSSR count). The summed E-state index contributed by atoms with van der Waals surface area (Å²) in [7, 11) is 1.32. The molecule has 18 heavy (non-hydrogen) atoms. The van der Waals surface area contributed by atoms with E-state index in [9.17, 15) is 4.79 Å². The number of ether oxygens (including phenoxy) is 5. The van der Waals surface area contributed by atoms with E-state index in [1.807, 2.05) is 13.8 Å². The predicted molar refractivity (Wildman–Crippen MR) is 60.7 cm³/mol. The topological polar surface area (TPSA) is 63.2 Å². The Morgan fingerprint density at radius 3 is 2.28 bits per heavy atom. The minimum Gasteiger partial charge on any atom is -0.467 e. The molecule has 0 aliphatic carbocycles. The largest absolute Gasteiger partial charge is 0.467 e. The second-order valence-corrected chi connectivity index (χ2v) is 5.41. The molecule has 2 saturated heterocycles. The van der Waals surface area contributed by atoms with Gasteiger partial charge in [-0.05, 0) is 27.7 Å². The van der Waals surface area contributed by atoms with Crippen molar-refractivity contribution in [2.45, 2.75) is 57.6 Å². The van der Waals surface area contributed by atoms with Gasteiger partial charge in [0.15, 0.2) is 17.7 Å². The molecule has 0 amide bonds. The SMILES string of the molecule is COC(=O)[C@H]1OC(C)(C)O[C@H]1[C@H]1COC(C)(C)O1. The number of rotatable bonds is 2. The first kappa shape index (κ1) is 13.7. The summed E-state index contributed by atoms with van der Waals surface area (Å²) >= 11 is 0. The first-order valence-electron chi connectivity index (χ1n) is 5.99. The molecule has 0 N–H and O–H groups in total. The summed E-state index contributed by atoms with van der Waals surface area (Å²) in [6.07, 6.45) is -1.65. The third-order valence-corrected chi connectivity index (χ3v) is 2.96. The highest BCUT2D eigenvalue weighted by Gasteiger charge is 2.52. The summed E-state index contributed by atoms with van der Waals surface area (Å²) in [4.78, 5) is 11.7. The van der Waals surface area contributed by atoms with Gasteiger partial charge in [-0.2, -0.15) is 0 Å². The first-order chi connectivity index (χ1) is 8.24. The zero-order chi connectivity index (χ0) is 13.6. The van der Waals surface area contributed by atoms with Gasteiger partial charge in [0.1, 0.15) is 12.2 Å². The number of hydrogen-bond donors (Lipinski definition) is 0. The van der Waals surface area contributed by atoms with Gasteiger partial charge in [0.2, 0.25) is 0 Å². The fourth-order valence-electron chi connectivity index (χ4n) is 2.24. The average Bonchev–Trinajstić information content (AvgIpc) is 2.77. The van der Waals surface area contributed by atoms with Gasteiger partial charge in [0, 0.05) is 0 Å². The zero-order valence-corrected chi connectivity index (χ0v) is 11.4. The fraction of sp³-hybridized carbons (Fsp3) is 0.917. The second-order valence-electron chi connectivity index (χ2n) is 5.41. The van der Waals surface area contributed by atoms with E-state index in [2.05, 4.69) is 0 Å². The molecule has 104 valence electrons. The Hall–Kier alpha value is -0.690. The number of esters is 1. The second kappa shape index (κ2) is 4.45. The van der Waals surface area contributed by atoms with Crippen LogP contribution in [0.25, 0.3) is 0 Å². The van der Waals surface area contributed by atoms with Crippen molar-refractivity contribution in [2.75, 3.05) is 13.7 Å². The van der Waals surface area contributed by atoms with Crippen LogP contribution in [0, 0.1) is 0 Å². The highest BCUT2D eigenvalue weighted by atomic mass is 16.8. The maximum absolute atomic E-state index is 11.7. The molecule has 2 aliphatic heterocycles. The van der Waals surface area contributed by atoms with Crippen molar-refractivity contribution in [3.8, 4) is 0 Å². The van der Waals surface area contributed by atoms with Crippen LogP contribution in [0.2, 0.25) is 0 Å². The summed E-state index contributed by atoms with van der Waals surface area (Å²) in [5.74, 6) is -1.96. The molecule has 2 aliphatic rings. The van der Waals surface area contributed by atoms with Crippen LogP contribution >= 0.6 is 0 Å². The van der Waals surface area contributed by atoms with Gasteiger partial charge in [-0.15, -0.1) is 0 Å². The molecule has 0 radical (unpaired) electrons. The molecule has 0 aromatic rings. The molecule has 0 saturated carbocycles. The summed E-state index contributed by atoms with van der Waals surface area (Å²) < 4.78 is 27.2. The molecule has 0 unspecified atom stereocenters. The summed E-state index contributed by atoms with van der Waals surface area (Å²) in [5, 5.41) is 0. The molecule has 0 aromatic carbocycles. The monoisotopic (exact) mass is 260 g/mol. The number of methoxy groups -OCH3 is 1. The Morgan fingerprint density at radius 2 is 1.78 bits per heavy atom. The van der Waals surface area contributed by atoms with Gasteiger partial charge in [-0.1, -0.05) is 0 Å². The van der Waals surface area contributed by atoms with E-state index in [0.717, 1.165) is 0 Å². The third-order valence-electron chi connectivity index (χ3n) is 2.96. The minimum absolute atomic E-state index is 0.342. The Morgan fingerprint density at radius 1 is 1.11 bits per heavy atom. The lowest BCUT2D eigenvalue weighted by molar-refractivity contribution is -0.176. The van der Waals surface area contributed by atoms with Crippen molar-refractivity contribution < 1.29 is 28.5 Å². The van der Waals surface area contributed by atoms with Crippen LogP contribution in [0.15, 0.2) is 0 Å². The highest BCUT2D eigenvalue weighted by molar-refractivity contribution is 5.75. The zero-order valence-electron chi connectivity index (χ0n) is 11.4. The van der Waals surface area contributed by atoms with E-state index in [4.69, 9.17) is 23.7 Å². The van der Waals surface area contributed by atoms with Gasteiger partial charge in [0.25, 0.3) is 0 Å². The highest BCUT2D eigenvalue weighted by Crippen LogP contribution is 2.35. The molecule has 0 bridgehead atoms. The average molecular weight is 260 g/mol. The van der Waals surface area contributed by atoms with E-state index in [-0.39, 0.29) is 6.10 Å². The fourth-order valence-corrected chi connectivity index (χ4v) is 2.24. The van der Waals surface area contributed by atoms with Crippen molar-refractivity contribution in [1.29, 1.82) is 0 Å². The van der Waals surface area contributed by atoms with Crippen LogP contribution in [0.1, 0.15) is 27.7 Å². The maximum Gasteiger partial charge on any atom is 0.337 e. The van der Waals surface area contributed by atoms with Gasteiger partial charge in [-0.25, -0.2) is 4.79 Å². The van der Waals surface area contributed by atoms with Gasteiger partial charge in [-0.3, -0.25) is 0 Å². The van der Waals surface area contributed by atoms with Crippen molar-refractivity contribution in [1.82, 2.24) is 0 Å². The molecule has 3 atom stereocenters. The first-order valence-corrected chi connectivity index (χ1v) is 5.99. The van der Waals surface area contributed by atoms with Gasteiger partial charge in [0.05, 0.1) is 13.7 Å². The predicted octanol–water partition coefficient (Wildman–Crippen LogP) is 0.831. The standard InChI is InChI=1S/C12H20O6/c1-11(2)15-6-7(16-11)8-9(10(13)14-5)18-12(3,4)17-8/h7-9H,6H2,1-5H3/t7-,8+,9+/m1/s1. The maximum atomic E-state index is 11.7. The number of carbonyl (C=O) groups is 1. The van der Waals surface area contributed by atoms with Crippen molar-refractivity contribution in [3.05, 3.63) is 0 Å². The number of hydrogen-bond acceptors (Lipinski definition) is 6. The molecule has 2 fully saturated rings. The van der Waals surface area contributed by atoms with Crippen LogP contribution < -0.4 is 0 Å². The molecular weight excluding hydrogens is 240 g/mol. The Bertz CT molecular complexity index is 337. The van der Waals surface area contributed by atoms with Gasteiger partial charge >= 0.3 is 5.97 Å². The van der Waals surface area contributed by atoms with Crippen LogP contribution in [-0.4, -0.2) is 49.6 Å². The molecule has 6 heteroatoms. The molecular formula is C12H20O6. The Kier molecular flexibility index (Phi) is 3.40. The van der Waals surface area contributed by atoms with E-state index >= 15 is 0 Å². The quantitative estimate of drug-likeness (QED) is 0.685. The van der Waals surface area contributed by atoms with Crippen molar-refractivity contribution in [2.24, 2.45) is 0 Å². The van der Waals surface area contributed by atoms with Crippen molar-refractivity contribution in [3.63, 3.8) is 0 Å². The third kappa shape index (κ3) is 2.66.